The number of sulfonamides is 1. The molecule has 1 aromatic rings. The maximum absolute atomic E-state index is 12.5. The fourth-order valence-electron chi connectivity index (χ4n) is 2.80. The molecule has 3 unspecified atom stereocenters. The van der Waals surface area contributed by atoms with Crippen molar-refractivity contribution in [2.75, 3.05) is 12.4 Å². The second kappa shape index (κ2) is 6.10. The van der Waals surface area contributed by atoms with Crippen LogP contribution in [-0.4, -0.2) is 26.5 Å². The van der Waals surface area contributed by atoms with Crippen molar-refractivity contribution in [3.05, 3.63) is 18.3 Å². The monoisotopic (exact) mass is 297 g/mol. The van der Waals surface area contributed by atoms with Gasteiger partial charge in [0, 0.05) is 19.3 Å². The molecule has 1 saturated carbocycles. The maximum Gasteiger partial charge on any atom is 0.260 e. The molecule has 0 aromatic carbocycles. The van der Waals surface area contributed by atoms with Crippen LogP contribution in [0.5, 0.6) is 0 Å². The summed E-state index contributed by atoms with van der Waals surface area (Å²) in [6, 6.07) is 3.43. The molecule has 3 atom stereocenters. The van der Waals surface area contributed by atoms with E-state index in [2.05, 4.69) is 28.9 Å². The Morgan fingerprint density at radius 2 is 2.05 bits per heavy atom. The third kappa shape index (κ3) is 3.12. The Labute approximate surface area is 121 Å². The number of hydrogen-bond donors (Lipinski definition) is 2. The van der Waals surface area contributed by atoms with Crippen LogP contribution in [0.1, 0.15) is 33.1 Å². The van der Waals surface area contributed by atoms with E-state index in [1.54, 1.807) is 19.2 Å². The minimum absolute atomic E-state index is 0.00420. The van der Waals surface area contributed by atoms with Crippen molar-refractivity contribution < 1.29 is 8.42 Å². The fourth-order valence-corrected chi connectivity index (χ4v) is 4.30. The van der Waals surface area contributed by atoms with Gasteiger partial charge in [-0.2, -0.15) is 0 Å². The van der Waals surface area contributed by atoms with E-state index in [4.69, 9.17) is 0 Å². The molecule has 1 aliphatic carbocycles. The van der Waals surface area contributed by atoms with E-state index < -0.39 is 10.0 Å². The molecule has 20 heavy (non-hydrogen) atoms. The molecule has 1 fully saturated rings. The maximum atomic E-state index is 12.5. The zero-order chi connectivity index (χ0) is 14.8. The number of nitrogens with zero attached hydrogens (tertiary/aromatic N) is 1. The van der Waals surface area contributed by atoms with Crippen LogP contribution in [-0.2, 0) is 10.0 Å². The van der Waals surface area contributed by atoms with E-state index in [0.717, 1.165) is 12.8 Å². The standard InChI is InChI=1S/C14H23N3O2S/c1-10-6-4-7-12(11(10)2)17-20(18,19)14-13(15-3)8-5-9-16-14/h5,8-12,15,17H,4,6-7H2,1-3H3. The summed E-state index contributed by atoms with van der Waals surface area (Å²) >= 11 is 0. The van der Waals surface area contributed by atoms with E-state index in [-0.39, 0.29) is 11.1 Å². The highest BCUT2D eigenvalue weighted by Crippen LogP contribution is 2.30. The highest BCUT2D eigenvalue weighted by atomic mass is 32.2. The Bertz CT molecular complexity index is 559. The molecule has 6 heteroatoms. The van der Waals surface area contributed by atoms with Gasteiger partial charge < -0.3 is 5.32 Å². The predicted molar refractivity (Wildman–Crippen MR) is 80.1 cm³/mol. The fraction of sp³-hybridized carbons (Fsp3) is 0.643. The summed E-state index contributed by atoms with van der Waals surface area (Å²) in [7, 11) is -1.89. The number of hydrogen-bond acceptors (Lipinski definition) is 4. The van der Waals surface area contributed by atoms with Gasteiger partial charge in [-0.25, -0.2) is 18.1 Å². The van der Waals surface area contributed by atoms with Crippen LogP contribution in [0.3, 0.4) is 0 Å². The molecule has 0 amide bonds. The SMILES string of the molecule is CNc1cccnc1S(=O)(=O)NC1CCCC(C)C1C. The molecular formula is C14H23N3O2S. The molecule has 2 N–H and O–H groups in total. The second-order valence-electron chi connectivity index (χ2n) is 5.60. The summed E-state index contributed by atoms with van der Waals surface area (Å²) < 4.78 is 27.9. The van der Waals surface area contributed by atoms with Crippen molar-refractivity contribution in [2.24, 2.45) is 11.8 Å². The van der Waals surface area contributed by atoms with Crippen LogP contribution in [0.25, 0.3) is 0 Å². The van der Waals surface area contributed by atoms with Crippen LogP contribution < -0.4 is 10.0 Å². The minimum Gasteiger partial charge on any atom is -0.386 e. The highest BCUT2D eigenvalue weighted by Gasteiger charge is 2.32. The van der Waals surface area contributed by atoms with Crippen LogP contribution >= 0.6 is 0 Å². The number of pyridine rings is 1. The number of anilines is 1. The summed E-state index contributed by atoms with van der Waals surface area (Å²) in [5.74, 6) is 0.893. The van der Waals surface area contributed by atoms with Gasteiger partial charge in [0.2, 0.25) is 0 Å². The molecule has 1 heterocycles. The topological polar surface area (TPSA) is 71.1 Å². The van der Waals surface area contributed by atoms with Crippen molar-refractivity contribution in [1.29, 1.82) is 0 Å². The molecule has 0 bridgehead atoms. The van der Waals surface area contributed by atoms with Gasteiger partial charge in [0.05, 0.1) is 5.69 Å². The Morgan fingerprint density at radius 3 is 2.75 bits per heavy atom. The van der Waals surface area contributed by atoms with E-state index in [1.165, 1.54) is 12.6 Å². The summed E-state index contributed by atoms with van der Waals surface area (Å²) in [5, 5.41) is 2.95. The lowest BCUT2D eigenvalue weighted by Crippen LogP contribution is -2.43. The predicted octanol–water partition coefficient (Wildman–Crippen LogP) is 2.23. The number of aromatic nitrogens is 1. The van der Waals surface area contributed by atoms with Gasteiger partial charge in [-0.1, -0.05) is 26.7 Å². The van der Waals surface area contributed by atoms with E-state index >= 15 is 0 Å². The third-order valence-corrected chi connectivity index (χ3v) is 5.76. The summed E-state index contributed by atoms with van der Waals surface area (Å²) in [5.41, 5.74) is 0.525. The highest BCUT2D eigenvalue weighted by molar-refractivity contribution is 7.89. The Kier molecular flexibility index (Phi) is 4.65. The zero-order valence-electron chi connectivity index (χ0n) is 12.3. The lowest BCUT2D eigenvalue weighted by atomic mass is 9.78. The smallest absolute Gasteiger partial charge is 0.260 e. The number of nitrogens with one attached hydrogen (secondary N) is 2. The first-order valence-electron chi connectivity index (χ1n) is 7.11. The van der Waals surface area contributed by atoms with Gasteiger partial charge >= 0.3 is 0 Å². The molecular weight excluding hydrogens is 274 g/mol. The molecule has 1 aromatic heterocycles. The molecule has 2 rings (SSSR count). The largest absolute Gasteiger partial charge is 0.386 e. The Hall–Kier alpha value is -1.14. The molecule has 0 radical (unpaired) electrons. The normalized spacial score (nSPS) is 27.2. The lowest BCUT2D eigenvalue weighted by Gasteiger charge is -2.34. The average Bonchev–Trinajstić information content (AvgIpc) is 2.43. The van der Waals surface area contributed by atoms with E-state index in [1.807, 2.05) is 0 Å². The zero-order valence-corrected chi connectivity index (χ0v) is 13.1. The molecule has 0 aliphatic heterocycles. The Balaban J connectivity index is 2.23. The van der Waals surface area contributed by atoms with Crippen molar-refractivity contribution in [2.45, 2.75) is 44.2 Å². The quantitative estimate of drug-likeness (QED) is 0.894. The van der Waals surface area contributed by atoms with Gasteiger partial charge in [-0.05, 0) is 30.4 Å². The third-order valence-electron chi connectivity index (χ3n) is 4.31. The average molecular weight is 297 g/mol. The van der Waals surface area contributed by atoms with Gasteiger partial charge in [-0.15, -0.1) is 0 Å². The van der Waals surface area contributed by atoms with Crippen molar-refractivity contribution in [3.8, 4) is 0 Å². The number of rotatable bonds is 4. The lowest BCUT2D eigenvalue weighted by molar-refractivity contribution is 0.227. The van der Waals surface area contributed by atoms with E-state index in [0.29, 0.717) is 17.5 Å². The molecule has 0 saturated heterocycles. The van der Waals surface area contributed by atoms with Crippen molar-refractivity contribution in [3.63, 3.8) is 0 Å². The van der Waals surface area contributed by atoms with Crippen LogP contribution in [0, 0.1) is 11.8 Å². The van der Waals surface area contributed by atoms with Crippen LogP contribution in [0.4, 0.5) is 5.69 Å². The summed E-state index contributed by atoms with van der Waals surface area (Å²) in [6.45, 7) is 4.30. The van der Waals surface area contributed by atoms with Crippen molar-refractivity contribution in [1.82, 2.24) is 9.71 Å². The summed E-state index contributed by atoms with van der Waals surface area (Å²) in [6.07, 6.45) is 4.64. The molecule has 0 spiro atoms. The first-order chi connectivity index (χ1) is 9.45. The minimum atomic E-state index is -3.58. The van der Waals surface area contributed by atoms with Gasteiger partial charge in [0.15, 0.2) is 5.03 Å². The van der Waals surface area contributed by atoms with Crippen molar-refractivity contribution >= 4 is 15.7 Å². The molecule has 1 aliphatic rings. The summed E-state index contributed by atoms with van der Waals surface area (Å²) in [4.78, 5) is 4.02. The van der Waals surface area contributed by atoms with Crippen LogP contribution in [0.2, 0.25) is 0 Å². The van der Waals surface area contributed by atoms with Gasteiger partial charge in [0.25, 0.3) is 10.0 Å². The Morgan fingerprint density at radius 1 is 1.30 bits per heavy atom. The van der Waals surface area contributed by atoms with Crippen LogP contribution in [0.15, 0.2) is 23.4 Å². The first-order valence-corrected chi connectivity index (χ1v) is 8.59. The molecule has 112 valence electrons. The second-order valence-corrected chi connectivity index (χ2v) is 7.23. The molecule has 5 nitrogen and oxygen atoms in total. The van der Waals surface area contributed by atoms with E-state index in [9.17, 15) is 8.42 Å². The van der Waals surface area contributed by atoms with Gasteiger partial charge in [0.1, 0.15) is 0 Å². The van der Waals surface area contributed by atoms with Gasteiger partial charge in [-0.3, -0.25) is 0 Å². The first kappa shape index (κ1) is 15.3.